The third-order valence-corrected chi connectivity index (χ3v) is 3.73. The molecule has 0 spiro atoms. The van der Waals surface area contributed by atoms with Crippen LogP contribution in [0, 0.1) is 0 Å². The Morgan fingerprint density at radius 2 is 2.00 bits per heavy atom. The van der Waals surface area contributed by atoms with Gasteiger partial charge < -0.3 is 10.3 Å². The zero-order valence-electron chi connectivity index (χ0n) is 10.8. The van der Waals surface area contributed by atoms with Gasteiger partial charge in [-0.25, -0.2) is 0 Å². The summed E-state index contributed by atoms with van der Waals surface area (Å²) < 4.78 is 2.01. The number of rotatable bonds is 3. The summed E-state index contributed by atoms with van der Waals surface area (Å²) >= 11 is 0. The van der Waals surface area contributed by atoms with Gasteiger partial charge in [0.05, 0.1) is 0 Å². The predicted octanol–water partition coefficient (Wildman–Crippen LogP) is 2.55. The predicted molar refractivity (Wildman–Crippen MR) is 70.2 cm³/mol. The van der Waals surface area contributed by atoms with Gasteiger partial charge in [0.15, 0.2) is 0 Å². The van der Waals surface area contributed by atoms with Crippen LogP contribution in [0.1, 0.15) is 62.7 Å². The SMILES string of the molecule is CC(C)c1ccc(CN)c(=O)n1C1CCCC1. The fraction of sp³-hybridized carbons (Fsp3) is 0.643. The Bertz CT molecular complexity index is 442. The molecule has 3 heteroatoms. The fourth-order valence-electron chi connectivity index (χ4n) is 2.77. The van der Waals surface area contributed by atoms with Crippen LogP contribution in [0.3, 0.4) is 0 Å². The van der Waals surface area contributed by atoms with Crippen molar-refractivity contribution in [2.75, 3.05) is 0 Å². The van der Waals surface area contributed by atoms with Gasteiger partial charge >= 0.3 is 0 Å². The first-order chi connectivity index (χ1) is 8.15. The van der Waals surface area contributed by atoms with Crippen LogP contribution in [0.25, 0.3) is 0 Å². The molecule has 0 radical (unpaired) electrons. The van der Waals surface area contributed by atoms with E-state index in [-0.39, 0.29) is 5.56 Å². The molecule has 1 heterocycles. The van der Waals surface area contributed by atoms with Crippen molar-refractivity contribution < 1.29 is 0 Å². The average molecular weight is 234 g/mol. The lowest BCUT2D eigenvalue weighted by molar-refractivity contribution is 0.470. The van der Waals surface area contributed by atoms with E-state index in [0.29, 0.717) is 18.5 Å². The first-order valence-electron chi connectivity index (χ1n) is 6.59. The molecule has 0 aromatic carbocycles. The molecule has 2 N–H and O–H groups in total. The van der Waals surface area contributed by atoms with Crippen molar-refractivity contribution in [3.63, 3.8) is 0 Å². The van der Waals surface area contributed by atoms with Crippen molar-refractivity contribution in [3.8, 4) is 0 Å². The second kappa shape index (κ2) is 5.05. The lowest BCUT2D eigenvalue weighted by atomic mass is 10.1. The molecular formula is C14H22N2O. The maximum Gasteiger partial charge on any atom is 0.255 e. The van der Waals surface area contributed by atoms with Gasteiger partial charge in [-0.3, -0.25) is 4.79 Å². The summed E-state index contributed by atoms with van der Waals surface area (Å²) in [5, 5.41) is 0. The van der Waals surface area contributed by atoms with Gasteiger partial charge in [-0.2, -0.15) is 0 Å². The van der Waals surface area contributed by atoms with Crippen LogP contribution in [-0.4, -0.2) is 4.57 Å². The molecule has 3 nitrogen and oxygen atoms in total. The summed E-state index contributed by atoms with van der Waals surface area (Å²) in [5.41, 5.74) is 7.65. The Kier molecular flexibility index (Phi) is 3.67. The molecular weight excluding hydrogens is 212 g/mol. The first kappa shape index (κ1) is 12.4. The average Bonchev–Trinajstić information content (AvgIpc) is 2.81. The molecule has 0 aliphatic heterocycles. The number of nitrogens with zero attached hydrogens (tertiary/aromatic N) is 1. The molecule has 1 aliphatic rings. The number of hydrogen-bond donors (Lipinski definition) is 1. The zero-order chi connectivity index (χ0) is 12.4. The molecule has 0 saturated heterocycles. The van der Waals surface area contributed by atoms with Crippen LogP contribution < -0.4 is 11.3 Å². The zero-order valence-corrected chi connectivity index (χ0v) is 10.8. The van der Waals surface area contributed by atoms with Crippen molar-refractivity contribution in [1.82, 2.24) is 4.57 Å². The van der Waals surface area contributed by atoms with E-state index in [1.807, 2.05) is 10.6 Å². The standard InChI is InChI=1S/C14H22N2O/c1-10(2)13-8-7-11(9-15)14(17)16(13)12-5-3-4-6-12/h7-8,10,12H,3-6,9,15H2,1-2H3. The lowest BCUT2D eigenvalue weighted by Gasteiger charge is -2.22. The molecule has 2 rings (SSSR count). The van der Waals surface area contributed by atoms with E-state index in [1.165, 1.54) is 12.8 Å². The van der Waals surface area contributed by atoms with Gasteiger partial charge in [-0.1, -0.05) is 32.8 Å². The van der Waals surface area contributed by atoms with Crippen molar-refractivity contribution in [2.45, 2.75) is 58.0 Å². The van der Waals surface area contributed by atoms with E-state index in [1.54, 1.807) is 0 Å². The van der Waals surface area contributed by atoms with Crippen LogP contribution in [0.5, 0.6) is 0 Å². The minimum absolute atomic E-state index is 0.130. The molecule has 1 fully saturated rings. The van der Waals surface area contributed by atoms with Crippen LogP contribution in [-0.2, 0) is 6.54 Å². The number of pyridine rings is 1. The monoisotopic (exact) mass is 234 g/mol. The maximum atomic E-state index is 12.4. The summed E-state index contributed by atoms with van der Waals surface area (Å²) in [5.74, 6) is 0.384. The summed E-state index contributed by atoms with van der Waals surface area (Å²) in [6, 6.07) is 4.36. The summed E-state index contributed by atoms with van der Waals surface area (Å²) in [6.45, 7) is 4.62. The molecule has 0 bridgehead atoms. The van der Waals surface area contributed by atoms with Gasteiger partial charge in [0.2, 0.25) is 0 Å². The van der Waals surface area contributed by atoms with E-state index in [9.17, 15) is 4.79 Å². The largest absolute Gasteiger partial charge is 0.326 e. The van der Waals surface area contributed by atoms with Crippen LogP contribution in [0.15, 0.2) is 16.9 Å². The minimum atomic E-state index is 0.130. The van der Waals surface area contributed by atoms with E-state index in [2.05, 4.69) is 19.9 Å². The molecule has 0 unspecified atom stereocenters. The maximum absolute atomic E-state index is 12.4. The first-order valence-corrected chi connectivity index (χ1v) is 6.59. The normalized spacial score (nSPS) is 16.9. The van der Waals surface area contributed by atoms with Gasteiger partial charge in [0.25, 0.3) is 5.56 Å². The van der Waals surface area contributed by atoms with E-state index in [4.69, 9.17) is 5.73 Å². The molecule has 17 heavy (non-hydrogen) atoms. The van der Waals surface area contributed by atoms with Crippen molar-refractivity contribution in [2.24, 2.45) is 5.73 Å². The van der Waals surface area contributed by atoms with E-state index in [0.717, 1.165) is 24.1 Å². The Hall–Kier alpha value is -1.09. The van der Waals surface area contributed by atoms with Gasteiger partial charge in [-0.05, 0) is 24.8 Å². The lowest BCUT2D eigenvalue weighted by Crippen LogP contribution is -2.30. The summed E-state index contributed by atoms with van der Waals surface area (Å²) in [6.07, 6.45) is 4.74. The number of aromatic nitrogens is 1. The molecule has 1 aliphatic carbocycles. The summed E-state index contributed by atoms with van der Waals surface area (Å²) in [7, 11) is 0. The molecule has 1 saturated carbocycles. The van der Waals surface area contributed by atoms with Gasteiger partial charge in [-0.15, -0.1) is 0 Å². The Balaban J connectivity index is 2.54. The highest BCUT2D eigenvalue weighted by Gasteiger charge is 2.22. The van der Waals surface area contributed by atoms with E-state index < -0.39 is 0 Å². The fourth-order valence-corrected chi connectivity index (χ4v) is 2.77. The summed E-state index contributed by atoms with van der Waals surface area (Å²) in [4.78, 5) is 12.4. The molecule has 94 valence electrons. The highest BCUT2D eigenvalue weighted by Crippen LogP contribution is 2.31. The van der Waals surface area contributed by atoms with Gasteiger partial charge in [0.1, 0.15) is 0 Å². The quantitative estimate of drug-likeness (QED) is 0.873. The molecule has 1 aromatic heterocycles. The number of nitrogens with two attached hydrogens (primary N) is 1. The smallest absolute Gasteiger partial charge is 0.255 e. The highest BCUT2D eigenvalue weighted by atomic mass is 16.1. The van der Waals surface area contributed by atoms with Crippen molar-refractivity contribution in [1.29, 1.82) is 0 Å². The third kappa shape index (κ3) is 2.29. The third-order valence-electron chi connectivity index (χ3n) is 3.73. The second-order valence-corrected chi connectivity index (χ2v) is 5.26. The topological polar surface area (TPSA) is 48.0 Å². The van der Waals surface area contributed by atoms with Crippen molar-refractivity contribution in [3.05, 3.63) is 33.7 Å². The van der Waals surface area contributed by atoms with Crippen molar-refractivity contribution >= 4 is 0 Å². The van der Waals surface area contributed by atoms with E-state index >= 15 is 0 Å². The van der Waals surface area contributed by atoms with Gasteiger partial charge in [0, 0.05) is 23.8 Å². The number of hydrogen-bond acceptors (Lipinski definition) is 2. The Morgan fingerprint density at radius 1 is 1.35 bits per heavy atom. The molecule has 1 aromatic rings. The second-order valence-electron chi connectivity index (χ2n) is 5.26. The van der Waals surface area contributed by atoms with Crippen LogP contribution >= 0.6 is 0 Å². The van der Waals surface area contributed by atoms with Crippen LogP contribution in [0.4, 0.5) is 0 Å². The Labute approximate surface area is 103 Å². The Morgan fingerprint density at radius 3 is 2.53 bits per heavy atom. The highest BCUT2D eigenvalue weighted by molar-refractivity contribution is 5.19. The molecule has 0 amide bonds. The molecule has 0 atom stereocenters. The minimum Gasteiger partial charge on any atom is -0.326 e. The van der Waals surface area contributed by atoms with Crippen LogP contribution in [0.2, 0.25) is 0 Å².